The first-order chi connectivity index (χ1) is 29.3. The van der Waals surface area contributed by atoms with Crippen molar-refractivity contribution in [3.8, 4) is 0 Å². The maximum Gasteiger partial charge on any atom is 0.220 e. The van der Waals surface area contributed by atoms with Gasteiger partial charge in [0.05, 0.1) is 18.8 Å². The van der Waals surface area contributed by atoms with Crippen LogP contribution in [0.3, 0.4) is 0 Å². The molecule has 0 aromatic rings. The van der Waals surface area contributed by atoms with Gasteiger partial charge in [-0.25, -0.2) is 0 Å². The van der Waals surface area contributed by atoms with E-state index in [4.69, 9.17) is 4.74 Å². The van der Waals surface area contributed by atoms with Crippen LogP contribution in [0.15, 0.2) is 0 Å². The van der Waals surface area contributed by atoms with Gasteiger partial charge in [0.2, 0.25) is 5.91 Å². The van der Waals surface area contributed by atoms with E-state index in [2.05, 4.69) is 19.2 Å². The predicted molar refractivity (Wildman–Crippen MR) is 252 cm³/mol. The van der Waals surface area contributed by atoms with Crippen LogP contribution in [0.25, 0.3) is 0 Å². The minimum absolute atomic E-state index is 0.116. The Morgan fingerprint density at radius 1 is 0.517 bits per heavy atom. The summed E-state index contributed by atoms with van der Waals surface area (Å²) in [6, 6.07) is -0.799. The summed E-state index contributed by atoms with van der Waals surface area (Å²) in [5.74, 6) is -0.0701. The molecule has 1 aliphatic rings. The van der Waals surface area contributed by atoms with Gasteiger partial charge < -0.3 is 40.7 Å². The van der Waals surface area contributed by atoms with Crippen LogP contribution in [0.4, 0.5) is 0 Å². The fourth-order valence-electron chi connectivity index (χ4n) is 8.61. The van der Waals surface area contributed by atoms with Gasteiger partial charge >= 0.3 is 0 Å². The lowest BCUT2D eigenvalue weighted by Crippen LogP contribution is -2.58. The molecule has 0 aliphatic carbocycles. The molecule has 358 valence electrons. The highest BCUT2D eigenvalue weighted by Crippen LogP contribution is 2.30. The zero-order valence-electron chi connectivity index (χ0n) is 39.1. The van der Waals surface area contributed by atoms with Crippen molar-refractivity contribution in [3.63, 3.8) is 0 Å². The Labute approximate surface area is 373 Å². The molecule has 1 heterocycles. The van der Waals surface area contributed by atoms with Crippen LogP contribution in [0.1, 0.15) is 251 Å². The molecule has 1 amide bonds. The van der Waals surface area contributed by atoms with E-state index in [0.29, 0.717) is 12.8 Å². The summed E-state index contributed by atoms with van der Waals surface area (Å²) in [4.78, 5) is 13.1. The molecule has 0 spiro atoms. The SMILES string of the molecule is CCCCCCCCCCCCCCCCCCCCCCCCCC(=O)NC(CS[C@H]1O[C@H](CO)[C@@H](O)[C@H](O)[C@H]1O)[C@H](O)[C@H](O)CCCCCCCCCCCCCC. The zero-order chi connectivity index (χ0) is 43.9. The van der Waals surface area contributed by atoms with E-state index < -0.39 is 54.7 Å². The molecule has 1 aliphatic heterocycles. The topological polar surface area (TPSA) is 160 Å². The van der Waals surface area contributed by atoms with E-state index in [9.17, 15) is 35.4 Å². The quantitative estimate of drug-likeness (QED) is 0.0296. The average molecular weight is 874 g/mol. The molecule has 8 atom stereocenters. The Morgan fingerprint density at radius 3 is 1.23 bits per heavy atom. The van der Waals surface area contributed by atoms with Gasteiger partial charge in [0.15, 0.2) is 0 Å². The summed E-state index contributed by atoms with van der Waals surface area (Å²) in [6.07, 6.45) is 38.0. The third-order valence-corrected chi connectivity index (χ3v) is 14.1. The Kier molecular flexibility index (Phi) is 39.6. The van der Waals surface area contributed by atoms with Gasteiger partial charge in [0, 0.05) is 12.2 Å². The molecular weight excluding hydrogens is 775 g/mol. The Morgan fingerprint density at radius 2 is 0.867 bits per heavy atom. The molecule has 0 bridgehead atoms. The fourth-order valence-corrected chi connectivity index (χ4v) is 9.87. The molecule has 1 rings (SSSR count). The second kappa shape index (κ2) is 41.3. The standard InChI is InChI=1S/C50H99NO8S/c1-3-5-7-9-11-13-15-17-18-19-20-21-22-23-24-25-26-27-29-31-33-35-37-39-45(54)51-42(41-60-50-49(58)48(57)47(56)44(40-52)59-50)46(55)43(53)38-36-34-32-30-28-16-14-12-10-8-6-4-2/h42-44,46-50,52-53,55-58H,3-41H2,1-2H3,(H,51,54)/t42?,43-,44-,46+,47-,48+,49-,50-/m1/s1. The summed E-state index contributed by atoms with van der Waals surface area (Å²) in [5, 5.41) is 65.7. The highest BCUT2D eigenvalue weighted by Gasteiger charge is 2.44. The fraction of sp³-hybridized carbons (Fsp3) is 0.980. The van der Waals surface area contributed by atoms with Gasteiger partial charge in [-0.15, -0.1) is 11.8 Å². The van der Waals surface area contributed by atoms with Crippen LogP contribution in [-0.4, -0.2) is 97.0 Å². The first-order valence-electron chi connectivity index (χ1n) is 25.8. The largest absolute Gasteiger partial charge is 0.394 e. The zero-order valence-corrected chi connectivity index (χ0v) is 39.9. The third kappa shape index (κ3) is 30.6. The molecule has 0 aromatic carbocycles. The van der Waals surface area contributed by atoms with Crippen molar-refractivity contribution in [2.24, 2.45) is 0 Å². The number of thioether (sulfide) groups is 1. The van der Waals surface area contributed by atoms with Crippen molar-refractivity contribution in [1.82, 2.24) is 5.32 Å². The lowest BCUT2D eigenvalue weighted by molar-refractivity contribution is -0.205. The van der Waals surface area contributed by atoms with Gasteiger partial charge in [-0.2, -0.15) is 0 Å². The average Bonchev–Trinajstić information content (AvgIpc) is 3.25. The minimum atomic E-state index is -1.50. The molecule has 1 saturated heterocycles. The van der Waals surface area contributed by atoms with Crippen molar-refractivity contribution in [3.05, 3.63) is 0 Å². The van der Waals surface area contributed by atoms with Gasteiger partial charge in [0.1, 0.15) is 36.0 Å². The van der Waals surface area contributed by atoms with Crippen LogP contribution >= 0.6 is 11.8 Å². The Hall–Kier alpha value is -0.460. The van der Waals surface area contributed by atoms with Crippen molar-refractivity contribution < 1.29 is 40.2 Å². The second-order valence-electron chi connectivity index (χ2n) is 18.5. The first-order valence-corrected chi connectivity index (χ1v) is 26.9. The minimum Gasteiger partial charge on any atom is -0.394 e. The van der Waals surface area contributed by atoms with E-state index >= 15 is 0 Å². The van der Waals surface area contributed by atoms with E-state index in [1.807, 2.05) is 0 Å². The summed E-state index contributed by atoms with van der Waals surface area (Å²) in [6.45, 7) is 4.00. The number of unbranched alkanes of at least 4 members (excludes halogenated alkanes) is 33. The van der Waals surface area contributed by atoms with E-state index in [1.54, 1.807) is 0 Å². The van der Waals surface area contributed by atoms with E-state index in [0.717, 1.165) is 50.3 Å². The number of carbonyl (C=O) groups is 1. The third-order valence-electron chi connectivity index (χ3n) is 12.8. The summed E-state index contributed by atoms with van der Waals surface area (Å²) in [5.41, 5.74) is -0.982. The summed E-state index contributed by atoms with van der Waals surface area (Å²) < 4.78 is 5.65. The number of nitrogens with one attached hydrogen (secondary N) is 1. The lowest BCUT2D eigenvalue weighted by Gasteiger charge is -2.40. The molecule has 60 heavy (non-hydrogen) atoms. The molecule has 7 N–H and O–H groups in total. The molecule has 9 nitrogen and oxygen atoms in total. The smallest absolute Gasteiger partial charge is 0.220 e. The van der Waals surface area contributed by atoms with Crippen LogP contribution < -0.4 is 5.32 Å². The number of rotatable bonds is 44. The van der Waals surface area contributed by atoms with Crippen LogP contribution in [0.5, 0.6) is 0 Å². The maximum absolute atomic E-state index is 13.1. The summed E-state index contributed by atoms with van der Waals surface area (Å²) >= 11 is 1.09. The number of carbonyl (C=O) groups excluding carboxylic acids is 1. The van der Waals surface area contributed by atoms with Crippen LogP contribution in [-0.2, 0) is 9.53 Å². The molecule has 1 unspecified atom stereocenters. The normalized spacial score (nSPS) is 21.0. The molecule has 0 radical (unpaired) electrons. The maximum atomic E-state index is 13.1. The first kappa shape index (κ1) is 57.6. The highest BCUT2D eigenvalue weighted by molar-refractivity contribution is 7.99. The van der Waals surface area contributed by atoms with Crippen molar-refractivity contribution >= 4 is 17.7 Å². The van der Waals surface area contributed by atoms with Gasteiger partial charge in [-0.3, -0.25) is 4.79 Å². The molecule has 0 saturated carbocycles. The van der Waals surface area contributed by atoms with Crippen molar-refractivity contribution in [2.45, 2.75) is 300 Å². The molecular formula is C50H99NO8S. The van der Waals surface area contributed by atoms with Gasteiger partial charge in [0.25, 0.3) is 0 Å². The Balaban J connectivity index is 2.26. The number of hydrogen-bond acceptors (Lipinski definition) is 9. The summed E-state index contributed by atoms with van der Waals surface area (Å²) in [7, 11) is 0. The van der Waals surface area contributed by atoms with E-state index in [1.165, 1.54) is 186 Å². The number of aliphatic hydroxyl groups is 6. The monoisotopic (exact) mass is 874 g/mol. The van der Waals surface area contributed by atoms with Crippen LogP contribution in [0, 0.1) is 0 Å². The van der Waals surface area contributed by atoms with E-state index in [-0.39, 0.29) is 11.7 Å². The Bertz CT molecular complexity index is 931. The van der Waals surface area contributed by atoms with Crippen molar-refractivity contribution in [1.29, 1.82) is 0 Å². The molecule has 10 heteroatoms. The number of amides is 1. The number of hydrogen-bond donors (Lipinski definition) is 7. The highest BCUT2D eigenvalue weighted by atomic mass is 32.2. The van der Waals surface area contributed by atoms with Gasteiger partial charge in [-0.05, 0) is 12.8 Å². The predicted octanol–water partition coefficient (Wildman–Crippen LogP) is 11.2. The lowest BCUT2D eigenvalue weighted by atomic mass is 9.99. The second-order valence-corrected chi connectivity index (χ2v) is 19.6. The van der Waals surface area contributed by atoms with Crippen molar-refractivity contribution in [2.75, 3.05) is 12.4 Å². The van der Waals surface area contributed by atoms with Crippen LogP contribution in [0.2, 0.25) is 0 Å². The molecule has 1 fully saturated rings. The number of aliphatic hydroxyl groups excluding tert-OH is 6. The molecule has 0 aromatic heterocycles. The number of ether oxygens (including phenoxy) is 1. The van der Waals surface area contributed by atoms with Gasteiger partial charge in [-0.1, -0.05) is 232 Å².